The zero-order chi connectivity index (χ0) is 24.1. The number of anilines is 2. The zero-order valence-corrected chi connectivity index (χ0v) is 20.0. The first-order valence-electron chi connectivity index (χ1n) is 10.7. The highest BCUT2D eigenvalue weighted by atomic mass is 35.5. The standard InChI is InChI=1S/C23H22Cl2N6O3/c1-29-19-20(28-22(29)27-18-5-3-4-17(26-18)13-9-14(32)10-13)30(2)23(34)31(21(19)33)11-12-6-7-15(24)16(25)8-12/h3-8,13-14,32H,9-11H2,1-2H3,(H,26,27,28). The van der Waals surface area contributed by atoms with Crippen LogP contribution < -0.4 is 16.6 Å². The van der Waals surface area contributed by atoms with Crippen LogP contribution in [0.3, 0.4) is 0 Å². The van der Waals surface area contributed by atoms with Crippen LogP contribution in [0.25, 0.3) is 11.2 Å². The van der Waals surface area contributed by atoms with E-state index in [0.29, 0.717) is 40.2 Å². The van der Waals surface area contributed by atoms with E-state index < -0.39 is 11.2 Å². The summed E-state index contributed by atoms with van der Waals surface area (Å²) in [4.78, 5) is 35.5. The summed E-state index contributed by atoms with van der Waals surface area (Å²) in [6.45, 7) is 0.0448. The molecule has 1 aromatic carbocycles. The van der Waals surface area contributed by atoms with Crippen molar-refractivity contribution in [3.05, 3.63) is 78.5 Å². The van der Waals surface area contributed by atoms with Gasteiger partial charge in [-0.15, -0.1) is 0 Å². The third-order valence-corrected chi connectivity index (χ3v) is 6.97. The molecule has 0 bridgehead atoms. The summed E-state index contributed by atoms with van der Waals surface area (Å²) in [6.07, 6.45) is 1.13. The molecule has 9 nitrogen and oxygen atoms in total. The highest BCUT2D eigenvalue weighted by Gasteiger charge is 2.29. The summed E-state index contributed by atoms with van der Waals surface area (Å²) in [5.74, 6) is 1.18. The molecule has 0 saturated heterocycles. The molecule has 176 valence electrons. The van der Waals surface area contributed by atoms with Crippen LogP contribution in [0, 0.1) is 0 Å². The normalized spacial score (nSPS) is 17.7. The van der Waals surface area contributed by atoms with Crippen LogP contribution in [0.2, 0.25) is 10.0 Å². The van der Waals surface area contributed by atoms with E-state index in [2.05, 4.69) is 15.3 Å². The maximum absolute atomic E-state index is 13.3. The summed E-state index contributed by atoms with van der Waals surface area (Å²) in [5, 5.41) is 13.5. The Kier molecular flexibility index (Phi) is 5.71. The lowest BCUT2D eigenvalue weighted by molar-refractivity contribution is 0.0733. The molecule has 5 rings (SSSR count). The molecular formula is C23H22Cl2N6O3. The van der Waals surface area contributed by atoms with Gasteiger partial charge in [-0.3, -0.25) is 13.9 Å². The Morgan fingerprint density at radius 1 is 1.06 bits per heavy atom. The number of nitrogens with zero attached hydrogens (tertiary/aromatic N) is 5. The molecule has 34 heavy (non-hydrogen) atoms. The van der Waals surface area contributed by atoms with Crippen LogP contribution in [0.15, 0.2) is 46.0 Å². The first-order valence-corrected chi connectivity index (χ1v) is 11.5. The minimum absolute atomic E-state index is 0.0448. The van der Waals surface area contributed by atoms with Crippen LogP contribution in [-0.2, 0) is 20.6 Å². The smallest absolute Gasteiger partial charge is 0.332 e. The largest absolute Gasteiger partial charge is 0.393 e. The summed E-state index contributed by atoms with van der Waals surface area (Å²) in [7, 11) is 3.28. The van der Waals surface area contributed by atoms with Crippen molar-refractivity contribution in [1.29, 1.82) is 0 Å². The van der Waals surface area contributed by atoms with Crippen LogP contribution >= 0.6 is 23.2 Å². The van der Waals surface area contributed by atoms with Crippen molar-refractivity contribution in [3.63, 3.8) is 0 Å². The number of aromatic nitrogens is 5. The van der Waals surface area contributed by atoms with Crippen LogP contribution in [0.4, 0.5) is 11.8 Å². The molecule has 0 unspecified atom stereocenters. The molecule has 0 amide bonds. The van der Waals surface area contributed by atoms with E-state index in [4.69, 9.17) is 23.2 Å². The number of rotatable bonds is 5. The van der Waals surface area contributed by atoms with Crippen molar-refractivity contribution in [1.82, 2.24) is 23.7 Å². The number of aryl methyl sites for hydroxylation is 2. The van der Waals surface area contributed by atoms with Crippen LogP contribution in [0.1, 0.15) is 30.0 Å². The number of pyridine rings is 1. The maximum Gasteiger partial charge on any atom is 0.332 e. The Hall–Kier alpha value is -3.14. The van der Waals surface area contributed by atoms with Gasteiger partial charge in [-0.05, 0) is 42.7 Å². The fourth-order valence-corrected chi connectivity index (χ4v) is 4.53. The number of halogens is 2. The number of hydrogen-bond donors (Lipinski definition) is 2. The Morgan fingerprint density at radius 2 is 1.82 bits per heavy atom. The number of aliphatic hydroxyl groups excluding tert-OH is 1. The van der Waals surface area contributed by atoms with Gasteiger partial charge >= 0.3 is 5.69 Å². The number of benzene rings is 1. The predicted molar refractivity (Wildman–Crippen MR) is 131 cm³/mol. The van der Waals surface area contributed by atoms with Gasteiger partial charge in [-0.2, -0.15) is 4.98 Å². The van der Waals surface area contributed by atoms with E-state index in [1.807, 2.05) is 12.1 Å². The molecule has 3 aromatic heterocycles. The molecule has 1 saturated carbocycles. The van der Waals surface area contributed by atoms with E-state index in [-0.39, 0.29) is 29.7 Å². The van der Waals surface area contributed by atoms with Crippen molar-refractivity contribution >= 4 is 46.1 Å². The monoisotopic (exact) mass is 500 g/mol. The van der Waals surface area contributed by atoms with Crippen molar-refractivity contribution < 1.29 is 5.11 Å². The van der Waals surface area contributed by atoms with Gasteiger partial charge in [-0.25, -0.2) is 9.78 Å². The van der Waals surface area contributed by atoms with Gasteiger partial charge < -0.3 is 15.0 Å². The van der Waals surface area contributed by atoms with Crippen molar-refractivity contribution in [2.24, 2.45) is 14.1 Å². The lowest BCUT2D eigenvalue weighted by Crippen LogP contribution is -2.39. The van der Waals surface area contributed by atoms with Gasteiger partial charge in [0.25, 0.3) is 5.56 Å². The summed E-state index contributed by atoms with van der Waals surface area (Å²) in [6, 6.07) is 10.6. The zero-order valence-electron chi connectivity index (χ0n) is 18.5. The molecule has 1 aliphatic rings. The SMILES string of the molecule is Cn1c(Nc2cccc(C3CC(O)C3)n2)nc2c1c(=O)n(Cc1ccc(Cl)c(Cl)c1)c(=O)n2C. The molecule has 0 aliphatic heterocycles. The number of fused-ring (bicyclic) bond motifs is 1. The minimum atomic E-state index is -0.489. The van der Waals surface area contributed by atoms with Gasteiger partial charge in [0.15, 0.2) is 11.2 Å². The molecular weight excluding hydrogens is 479 g/mol. The average Bonchev–Trinajstić information content (AvgIpc) is 3.12. The highest BCUT2D eigenvalue weighted by Crippen LogP contribution is 2.36. The van der Waals surface area contributed by atoms with Crippen molar-refractivity contribution in [3.8, 4) is 0 Å². The maximum atomic E-state index is 13.3. The second-order valence-corrected chi connectivity index (χ2v) is 9.36. The van der Waals surface area contributed by atoms with Gasteiger partial charge in [0, 0.05) is 25.7 Å². The van der Waals surface area contributed by atoms with Gasteiger partial charge in [-0.1, -0.05) is 35.3 Å². The lowest BCUT2D eigenvalue weighted by Gasteiger charge is -2.30. The fourth-order valence-electron chi connectivity index (χ4n) is 4.21. The van der Waals surface area contributed by atoms with Crippen molar-refractivity contribution in [2.45, 2.75) is 31.4 Å². The van der Waals surface area contributed by atoms with E-state index in [0.717, 1.165) is 10.3 Å². The van der Waals surface area contributed by atoms with E-state index in [1.54, 1.807) is 42.9 Å². The lowest BCUT2D eigenvalue weighted by atomic mass is 9.80. The average molecular weight is 501 g/mol. The number of hydrogen-bond acceptors (Lipinski definition) is 6. The van der Waals surface area contributed by atoms with Crippen molar-refractivity contribution in [2.75, 3.05) is 5.32 Å². The number of aliphatic hydroxyl groups is 1. The molecule has 0 radical (unpaired) electrons. The third kappa shape index (κ3) is 3.89. The summed E-state index contributed by atoms with van der Waals surface area (Å²) >= 11 is 12.1. The Bertz CT molecular complexity index is 1530. The fraction of sp³-hybridized carbons (Fsp3) is 0.304. The Balaban J connectivity index is 1.53. The summed E-state index contributed by atoms with van der Waals surface area (Å²) < 4.78 is 4.11. The Labute approximate surface area is 204 Å². The van der Waals surface area contributed by atoms with Gasteiger partial charge in [0.05, 0.1) is 22.7 Å². The second-order valence-electron chi connectivity index (χ2n) is 8.54. The molecule has 11 heteroatoms. The molecule has 0 spiro atoms. The van der Waals surface area contributed by atoms with Crippen LogP contribution in [0.5, 0.6) is 0 Å². The topological polar surface area (TPSA) is 107 Å². The Morgan fingerprint density at radius 3 is 2.53 bits per heavy atom. The van der Waals surface area contributed by atoms with Gasteiger partial charge in [0.1, 0.15) is 5.82 Å². The molecule has 2 N–H and O–H groups in total. The number of nitrogens with one attached hydrogen (secondary N) is 1. The molecule has 1 fully saturated rings. The molecule has 0 atom stereocenters. The highest BCUT2D eigenvalue weighted by molar-refractivity contribution is 6.42. The molecule has 3 heterocycles. The number of imidazole rings is 1. The molecule has 1 aliphatic carbocycles. The van der Waals surface area contributed by atoms with E-state index in [9.17, 15) is 14.7 Å². The molecule has 4 aromatic rings. The van der Waals surface area contributed by atoms with E-state index >= 15 is 0 Å². The first-order chi connectivity index (χ1) is 16.2. The first kappa shape index (κ1) is 22.6. The van der Waals surface area contributed by atoms with E-state index in [1.165, 1.54) is 4.57 Å². The van der Waals surface area contributed by atoms with Crippen LogP contribution in [-0.4, -0.2) is 34.9 Å². The second kappa shape index (κ2) is 8.57. The van der Waals surface area contributed by atoms with Gasteiger partial charge in [0.2, 0.25) is 5.95 Å². The predicted octanol–water partition coefficient (Wildman–Crippen LogP) is 3.17. The third-order valence-electron chi connectivity index (χ3n) is 6.23. The quantitative estimate of drug-likeness (QED) is 0.435. The minimum Gasteiger partial charge on any atom is -0.393 e. The summed E-state index contributed by atoms with van der Waals surface area (Å²) in [5.41, 5.74) is 1.17.